The van der Waals surface area contributed by atoms with Gasteiger partial charge in [0, 0.05) is 17.8 Å². The van der Waals surface area contributed by atoms with Gasteiger partial charge >= 0.3 is 0 Å². The summed E-state index contributed by atoms with van der Waals surface area (Å²) in [7, 11) is 0. The van der Waals surface area contributed by atoms with Crippen LogP contribution < -0.4 is 10.6 Å². The number of benzene rings is 1. The van der Waals surface area contributed by atoms with Crippen molar-refractivity contribution in [3.8, 4) is 0 Å². The molecule has 1 saturated carbocycles. The van der Waals surface area contributed by atoms with Crippen LogP contribution in [0.3, 0.4) is 0 Å². The van der Waals surface area contributed by atoms with Gasteiger partial charge in [0.2, 0.25) is 0 Å². The quantitative estimate of drug-likeness (QED) is 0.867. The highest BCUT2D eigenvalue weighted by molar-refractivity contribution is 5.59. The Morgan fingerprint density at radius 1 is 0.909 bits per heavy atom. The van der Waals surface area contributed by atoms with Crippen molar-refractivity contribution in [3.63, 3.8) is 0 Å². The van der Waals surface area contributed by atoms with E-state index in [0.29, 0.717) is 6.04 Å². The second-order valence-electron chi connectivity index (χ2n) is 6.16. The maximum atomic E-state index is 4.52. The Kier molecular flexibility index (Phi) is 4.56. The molecule has 1 aliphatic carbocycles. The van der Waals surface area contributed by atoms with Crippen LogP contribution in [0.25, 0.3) is 0 Å². The fourth-order valence-corrected chi connectivity index (χ4v) is 2.95. The van der Waals surface area contributed by atoms with Crippen LogP contribution in [0.1, 0.15) is 43.5 Å². The zero-order chi connectivity index (χ0) is 15.4. The van der Waals surface area contributed by atoms with Gasteiger partial charge in [0.05, 0.1) is 0 Å². The molecule has 0 radical (unpaired) electrons. The van der Waals surface area contributed by atoms with E-state index in [0.717, 1.165) is 23.1 Å². The molecule has 0 saturated heterocycles. The lowest BCUT2D eigenvalue weighted by molar-refractivity contribution is 0.462. The summed E-state index contributed by atoms with van der Waals surface area (Å²) in [5, 5.41) is 6.92. The number of anilines is 3. The van der Waals surface area contributed by atoms with Crippen LogP contribution in [-0.2, 0) is 0 Å². The summed E-state index contributed by atoms with van der Waals surface area (Å²) in [6.45, 7) is 4.02. The number of nitrogens with zero attached hydrogens (tertiary/aromatic N) is 2. The van der Waals surface area contributed by atoms with E-state index >= 15 is 0 Å². The lowest BCUT2D eigenvalue weighted by atomic mass is 9.95. The van der Waals surface area contributed by atoms with Gasteiger partial charge in [-0.25, -0.2) is 9.97 Å². The van der Waals surface area contributed by atoms with E-state index in [2.05, 4.69) is 51.8 Å². The van der Waals surface area contributed by atoms with Crippen LogP contribution in [-0.4, -0.2) is 16.0 Å². The van der Waals surface area contributed by atoms with Crippen LogP contribution in [0, 0.1) is 13.8 Å². The minimum atomic E-state index is 0.551. The Bertz CT molecular complexity index is 615. The number of aryl methyl sites for hydroxylation is 2. The molecular weight excluding hydrogens is 272 g/mol. The SMILES string of the molecule is Cc1ccc(Nc2cc(NC3CCCCC3)nc(C)n2)cc1. The largest absolute Gasteiger partial charge is 0.367 e. The highest BCUT2D eigenvalue weighted by Crippen LogP contribution is 2.23. The van der Waals surface area contributed by atoms with Gasteiger partial charge < -0.3 is 10.6 Å². The van der Waals surface area contributed by atoms with Gasteiger partial charge in [-0.1, -0.05) is 37.0 Å². The van der Waals surface area contributed by atoms with E-state index in [1.807, 2.05) is 13.0 Å². The molecule has 1 aromatic carbocycles. The minimum Gasteiger partial charge on any atom is -0.367 e. The summed E-state index contributed by atoms with van der Waals surface area (Å²) in [6.07, 6.45) is 6.47. The highest BCUT2D eigenvalue weighted by atomic mass is 15.1. The molecule has 0 unspecified atom stereocenters. The lowest BCUT2D eigenvalue weighted by Crippen LogP contribution is -2.23. The van der Waals surface area contributed by atoms with Crippen LogP contribution in [0.5, 0.6) is 0 Å². The first-order chi connectivity index (χ1) is 10.7. The molecule has 4 nitrogen and oxygen atoms in total. The fourth-order valence-electron chi connectivity index (χ4n) is 2.95. The van der Waals surface area contributed by atoms with Crippen molar-refractivity contribution in [2.24, 2.45) is 0 Å². The molecule has 2 N–H and O–H groups in total. The summed E-state index contributed by atoms with van der Waals surface area (Å²) in [5.41, 5.74) is 2.30. The predicted molar refractivity (Wildman–Crippen MR) is 91.7 cm³/mol. The second-order valence-corrected chi connectivity index (χ2v) is 6.16. The summed E-state index contributed by atoms with van der Waals surface area (Å²) in [4.78, 5) is 9.00. The van der Waals surface area contributed by atoms with E-state index < -0.39 is 0 Å². The molecule has 116 valence electrons. The first kappa shape index (κ1) is 14.8. The van der Waals surface area contributed by atoms with Crippen molar-refractivity contribution in [2.45, 2.75) is 52.0 Å². The number of nitrogens with one attached hydrogen (secondary N) is 2. The van der Waals surface area contributed by atoms with Crippen molar-refractivity contribution >= 4 is 17.3 Å². The van der Waals surface area contributed by atoms with Crippen LogP contribution in [0.2, 0.25) is 0 Å². The van der Waals surface area contributed by atoms with Crippen molar-refractivity contribution in [1.82, 2.24) is 9.97 Å². The molecule has 1 heterocycles. The molecule has 4 heteroatoms. The third kappa shape index (κ3) is 3.97. The van der Waals surface area contributed by atoms with E-state index in [1.54, 1.807) is 0 Å². The van der Waals surface area contributed by atoms with Gasteiger partial charge in [0.1, 0.15) is 17.5 Å². The minimum absolute atomic E-state index is 0.551. The van der Waals surface area contributed by atoms with Gasteiger partial charge in [-0.05, 0) is 38.8 Å². The van der Waals surface area contributed by atoms with Crippen LogP contribution >= 0.6 is 0 Å². The average Bonchev–Trinajstić information content (AvgIpc) is 2.50. The maximum absolute atomic E-state index is 4.52. The molecule has 1 aliphatic rings. The Labute approximate surface area is 132 Å². The fraction of sp³-hybridized carbons (Fsp3) is 0.444. The molecule has 3 rings (SSSR count). The summed E-state index contributed by atoms with van der Waals surface area (Å²) in [6, 6.07) is 10.9. The van der Waals surface area contributed by atoms with Gasteiger partial charge in [-0.2, -0.15) is 0 Å². The molecule has 0 amide bonds. The van der Waals surface area contributed by atoms with Gasteiger partial charge in [0.25, 0.3) is 0 Å². The highest BCUT2D eigenvalue weighted by Gasteiger charge is 2.14. The monoisotopic (exact) mass is 296 g/mol. The Morgan fingerprint density at radius 3 is 2.32 bits per heavy atom. The molecule has 2 aromatic rings. The Balaban J connectivity index is 1.72. The molecule has 0 atom stereocenters. The molecule has 1 aromatic heterocycles. The molecule has 0 bridgehead atoms. The van der Waals surface area contributed by atoms with Crippen LogP contribution in [0.15, 0.2) is 30.3 Å². The number of rotatable bonds is 4. The number of hydrogen-bond acceptors (Lipinski definition) is 4. The van der Waals surface area contributed by atoms with E-state index in [1.165, 1.54) is 37.7 Å². The van der Waals surface area contributed by atoms with Crippen molar-refractivity contribution in [2.75, 3.05) is 10.6 Å². The number of hydrogen-bond donors (Lipinski definition) is 2. The van der Waals surface area contributed by atoms with E-state index in [9.17, 15) is 0 Å². The summed E-state index contributed by atoms with van der Waals surface area (Å²) in [5.74, 6) is 2.55. The molecule has 0 spiro atoms. The lowest BCUT2D eigenvalue weighted by Gasteiger charge is -2.23. The Morgan fingerprint density at radius 2 is 1.59 bits per heavy atom. The second kappa shape index (κ2) is 6.77. The Hall–Kier alpha value is -2.10. The van der Waals surface area contributed by atoms with Gasteiger partial charge in [0.15, 0.2) is 0 Å². The first-order valence-corrected chi connectivity index (χ1v) is 8.15. The molecule has 22 heavy (non-hydrogen) atoms. The van der Waals surface area contributed by atoms with Crippen molar-refractivity contribution < 1.29 is 0 Å². The van der Waals surface area contributed by atoms with Crippen molar-refractivity contribution in [3.05, 3.63) is 41.7 Å². The first-order valence-electron chi connectivity index (χ1n) is 8.15. The number of aromatic nitrogens is 2. The standard InChI is InChI=1S/C18H24N4/c1-13-8-10-16(11-9-13)22-18-12-17(19-14(2)20-18)21-15-6-4-3-5-7-15/h8-12,15H,3-7H2,1-2H3,(H2,19,20,21,22). The van der Waals surface area contributed by atoms with Gasteiger partial charge in [-0.3, -0.25) is 0 Å². The average molecular weight is 296 g/mol. The third-order valence-electron chi connectivity index (χ3n) is 4.12. The topological polar surface area (TPSA) is 49.8 Å². The molecule has 1 fully saturated rings. The van der Waals surface area contributed by atoms with Crippen LogP contribution in [0.4, 0.5) is 17.3 Å². The molecule has 0 aliphatic heterocycles. The zero-order valence-electron chi connectivity index (χ0n) is 13.4. The molecular formula is C18H24N4. The smallest absolute Gasteiger partial charge is 0.136 e. The van der Waals surface area contributed by atoms with E-state index in [-0.39, 0.29) is 0 Å². The van der Waals surface area contributed by atoms with Gasteiger partial charge in [-0.15, -0.1) is 0 Å². The predicted octanol–water partition coefficient (Wildman–Crippen LogP) is 4.58. The normalized spacial score (nSPS) is 15.5. The third-order valence-corrected chi connectivity index (χ3v) is 4.12. The summed E-state index contributed by atoms with van der Waals surface area (Å²) >= 11 is 0. The van der Waals surface area contributed by atoms with E-state index in [4.69, 9.17) is 0 Å². The zero-order valence-corrected chi connectivity index (χ0v) is 13.4. The van der Waals surface area contributed by atoms with Crippen molar-refractivity contribution in [1.29, 1.82) is 0 Å². The summed E-state index contributed by atoms with van der Waals surface area (Å²) < 4.78 is 0. The maximum Gasteiger partial charge on any atom is 0.136 e.